The summed E-state index contributed by atoms with van der Waals surface area (Å²) in [6.07, 6.45) is 5.27. The molecule has 1 heterocycles. The molecule has 80 valence electrons. The number of pyridine rings is 1. The molecule has 2 rings (SSSR count). The molecule has 1 aromatic carbocycles. The van der Waals surface area contributed by atoms with Crippen LogP contribution in [-0.4, -0.2) is 11.0 Å². The molecule has 0 fully saturated rings. The van der Waals surface area contributed by atoms with Gasteiger partial charge in [-0.3, -0.25) is 4.79 Å². The standard InChI is InChI=1S/C13H12N2O/c1-3-9(2)14-12-8-10-6-4-5-7-11(10)13(16)15-12/h1,4-9H,2H3,(H2,14,15,16). The lowest BCUT2D eigenvalue weighted by Gasteiger charge is -2.09. The lowest BCUT2D eigenvalue weighted by atomic mass is 10.2. The van der Waals surface area contributed by atoms with E-state index in [0.717, 1.165) is 5.39 Å². The molecule has 0 bridgehead atoms. The van der Waals surface area contributed by atoms with E-state index in [1.807, 2.05) is 31.2 Å². The Labute approximate surface area is 93.5 Å². The average molecular weight is 212 g/mol. The van der Waals surface area contributed by atoms with Crippen molar-refractivity contribution in [3.05, 3.63) is 40.7 Å². The summed E-state index contributed by atoms with van der Waals surface area (Å²) in [4.78, 5) is 14.5. The zero-order valence-corrected chi connectivity index (χ0v) is 8.95. The third-order valence-corrected chi connectivity index (χ3v) is 2.38. The number of fused-ring (bicyclic) bond motifs is 1. The van der Waals surface area contributed by atoms with E-state index < -0.39 is 0 Å². The minimum atomic E-state index is -0.114. The van der Waals surface area contributed by atoms with Gasteiger partial charge in [-0.25, -0.2) is 0 Å². The molecule has 0 saturated carbocycles. The number of H-pyrrole nitrogens is 1. The third-order valence-electron chi connectivity index (χ3n) is 2.38. The Morgan fingerprint density at radius 2 is 2.19 bits per heavy atom. The van der Waals surface area contributed by atoms with Gasteiger partial charge in [-0.15, -0.1) is 6.42 Å². The second-order valence-electron chi connectivity index (χ2n) is 3.63. The van der Waals surface area contributed by atoms with Crippen LogP contribution in [0.15, 0.2) is 35.1 Å². The highest BCUT2D eigenvalue weighted by molar-refractivity contribution is 5.83. The lowest BCUT2D eigenvalue weighted by Crippen LogP contribution is -2.17. The van der Waals surface area contributed by atoms with E-state index in [9.17, 15) is 4.79 Å². The second kappa shape index (κ2) is 4.11. The van der Waals surface area contributed by atoms with Crippen LogP contribution in [0, 0.1) is 12.3 Å². The molecule has 2 N–H and O–H groups in total. The van der Waals surface area contributed by atoms with E-state index in [1.165, 1.54) is 0 Å². The van der Waals surface area contributed by atoms with Gasteiger partial charge in [0.05, 0.1) is 6.04 Å². The first kappa shape index (κ1) is 10.3. The van der Waals surface area contributed by atoms with Crippen molar-refractivity contribution in [1.82, 2.24) is 4.98 Å². The average Bonchev–Trinajstić information content (AvgIpc) is 2.29. The number of nitrogens with one attached hydrogen (secondary N) is 2. The van der Waals surface area contributed by atoms with Gasteiger partial charge in [0.15, 0.2) is 0 Å². The summed E-state index contributed by atoms with van der Waals surface area (Å²) >= 11 is 0. The largest absolute Gasteiger partial charge is 0.358 e. The van der Waals surface area contributed by atoms with Crippen LogP contribution in [0.2, 0.25) is 0 Å². The van der Waals surface area contributed by atoms with Gasteiger partial charge in [-0.05, 0) is 24.4 Å². The van der Waals surface area contributed by atoms with Crippen LogP contribution in [-0.2, 0) is 0 Å². The molecule has 3 nitrogen and oxygen atoms in total. The van der Waals surface area contributed by atoms with Crippen LogP contribution in [0.1, 0.15) is 6.92 Å². The summed E-state index contributed by atoms with van der Waals surface area (Å²) in [6, 6.07) is 9.20. The van der Waals surface area contributed by atoms with Crippen LogP contribution < -0.4 is 10.9 Å². The molecular formula is C13H12N2O. The summed E-state index contributed by atoms with van der Waals surface area (Å²) in [7, 11) is 0. The van der Waals surface area contributed by atoms with Crippen LogP contribution >= 0.6 is 0 Å². The van der Waals surface area contributed by atoms with Crippen molar-refractivity contribution in [3.8, 4) is 12.3 Å². The number of hydrogen-bond acceptors (Lipinski definition) is 2. The molecule has 0 aliphatic carbocycles. The van der Waals surface area contributed by atoms with E-state index in [0.29, 0.717) is 11.2 Å². The van der Waals surface area contributed by atoms with E-state index in [-0.39, 0.29) is 11.6 Å². The minimum Gasteiger partial charge on any atom is -0.358 e. The van der Waals surface area contributed by atoms with Crippen LogP contribution in [0.5, 0.6) is 0 Å². The maximum Gasteiger partial charge on any atom is 0.257 e. The number of benzene rings is 1. The molecule has 0 aliphatic rings. The first-order valence-electron chi connectivity index (χ1n) is 5.05. The maximum atomic E-state index is 11.7. The van der Waals surface area contributed by atoms with Gasteiger partial charge in [0.2, 0.25) is 0 Å². The van der Waals surface area contributed by atoms with Gasteiger partial charge in [0, 0.05) is 5.39 Å². The van der Waals surface area contributed by atoms with Crippen molar-refractivity contribution < 1.29 is 0 Å². The van der Waals surface area contributed by atoms with Gasteiger partial charge in [0.25, 0.3) is 5.56 Å². The zero-order chi connectivity index (χ0) is 11.5. The van der Waals surface area contributed by atoms with Crippen LogP contribution in [0.4, 0.5) is 5.82 Å². The van der Waals surface area contributed by atoms with Crippen molar-refractivity contribution in [3.63, 3.8) is 0 Å². The minimum absolute atomic E-state index is 0.107. The lowest BCUT2D eigenvalue weighted by molar-refractivity contribution is 1.01. The van der Waals surface area contributed by atoms with Crippen molar-refractivity contribution in [1.29, 1.82) is 0 Å². The molecule has 0 aliphatic heterocycles. The Hall–Kier alpha value is -2.21. The van der Waals surface area contributed by atoms with Crippen molar-refractivity contribution in [2.45, 2.75) is 13.0 Å². The normalized spacial score (nSPS) is 12.0. The number of aromatic amines is 1. The van der Waals surface area contributed by atoms with Gasteiger partial charge in [-0.2, -0.15) is 0 Å². The van der Waals surface area contributed by atoms with E-state index in [2.05, 4.69) is 16.2 Å². The highest BCUT2D eigenvalue weighted by Gasteiger charge is 2.02. The Morgan fingerprint density at radius 1 is 1.44 bits per heavy atom. The number of terminal acetylenes is 1. The summed E-state index contributed by atoms with van der Waals surface area (Å²) in [5.74, 6) is 3.20. The molecule has 2 aromatic rings. The predicted molar refractivity (Wildman–Crippen MR) is 66.5 cm³/mol. The summed E-state index contributed by atoms with van der Waals surface area (Å²) in [5, 5.41) is 4.62. The molecular weight excluding hydrogens is 200 g/mol. The molecule has 0 radical (unpaired) electrons. The zero-order valence-electron chi connectivity index (χ0n) is 8.95. The van der Waals surface area contributed by atoms with Gasteiger partial charge >= 0.3 is 0 Å². The fourth-order valence-corrected chi connectivity index (χ4v) is 1.56. The van der Waals surface area contributed by atoms with Crippen LogP contribution in [0.25, 0.3) is 10.8 Å². The molecule has 0 saturated heterocycles. The second-order valence-corrected chi connectivity index (χ2v) is 3.63. The van der Waals surface area contributed by atoms with E-state index in [1.54, 1.807) is 6.07 Å². The maximum absolute atomic E-state index is 11.7. The van der Waals surface area contributed by atoms with Gasteiger partial charge in [0.1, 0.15) is 5.82 Å². The van der Waals surface area contributed by atoms with Gasteiger partial charge in [-0.1, -0.05) is 24.1 Å². The van der Waals surface area contributed by atoms with E-state index >= 15 is 0 Å². The SMILES string of the molecule is C#CC(C)Nc1cc2ccccc2c(=O)[nH]1. The first-order valence-corrected chi connectivity index (χ1v) is 5.05. The molecule has 3 heteroatoms. The summed E-state index contributed by atoms with van der Waals surface area (Å²) in [5.41, 5.74) is -0.107. The number of anilines is 1. The number of aromatic nitrogens is 1. The monoisotopic (exact) mass is 212 g/mol. The van der Waals surface area contributed by atoms with E-state index in [4.69, 9.17) is 6.42 Å². The Kier molecular flexibility index (Phi) is 2.65. The quantitative estimate of drug-likeness (QED) is 0.747. The predicted octanol–water partition coefficient (Wildman–Crippen LogP) is 1.96. The molecule has 0 spiro atoms. The molecule has 1 unspecified atom stereocenters. The van der Waals surface area contributed by atoms with Crippen molar-refractivity contribution >= 4 is 16.6 Å². The highest BCUT2D eigenvalue weighted by Crippen LogP contribution is 2.12. The number of rotatable bonds is 2. The third kappa shape index (κ3) is 1.91. The van der Waals surface area contributed by atoms with Crippen molar-refractivity contribution in [2.75, 3.05) is 5.32 Å². The fourth-order valence-electron chi connectivity index (χ4n) is 1.56. The smallest absolute Gasteiger partial charge is 0.257 e. The molecule has 1 atom stereocenters. The molecule has 0 amide bonds. The Bertz CT molecular complexity index is 607. The van der Waals surface area contributed by atoms with Gasteiger partial charge < -0.3 is 10.3 Å². The molecule has 1 aromatic heterocycles. The summed E-state index contributed by atoms with van der Waals surface area (Å²) in [6.45, 7) is 1.85. The first-order chi connectivity index (χ1) is 7.70. The summed E-state index contributed by atoms with van der Waals surface area (Å²) < 4.78 is 0. The highest BCUT2D eigenvalue weighted by atomic mass is 16.1. The Balaban J connectivity index is 2.51. The fraction of sp³-hybridized carbons (Fsp3) is 0.154. The number of hydrogen-bond donors (Lipinski definition) is 2. The van der Waals surface area contributed by atoms with Crippen LogP contribution in [0.3, 0.4) is 0 Å². The molecule has 16 heavy (non-hydrogen) atoms. The topological polar surface area (TPSA) is 44.9 Å². The Morgan fingerprint density at radius 3 is 2.94 bits per heavy atom. The van der Waals surface area contributed by atoms with Crippen molar-refractivity contribution in [2.24, 2.45) is 0 Å².